The van der Waals surface area contributed by atoms with Gasteiger partial charge >= 0.3 is 0 Å². The summed E-state index contributed by atoms with van der Waals surface area (Å²) in [5.41, 5.74) is 6.33. The molecular formula is C13H11Cl2NO2. The number of halogens is 2. The monoisotopic (exact) mass is 283 g/mol. The fourth-order valence-electron chi connectivity index (χ4n) is 1.44. The average molecular weight is 284 g/mol. The molecule has 2 rings (SSSR count). The summed E-state index contributed by atoms with van der Waals surface area (Å²) in [4.78, 5) is 0. The predicted octanol–water partition coefficient (Wildman–Crippen LogP) is 4.38. The zero-order valence-corrected chi connectivity index (χ0v) is 11.1. The second-order valence-corrected chi connectivity index (χ2v) is 4.48. The Bertz CT molecular complexity index is 553. The van der Waals surface area contributed by atoms with Crippen molar-refractivity contribution < 1.29 is 9.47 Å². The number of hydrogen-bond donors (Lipinski definition) is 1. The van der Waals surface area contributed by atoms with E-state index in [1.165, 1.54) is 0 Å². The summed E-state index contributed by atoms with van der Waals surface area (Å²) in [5.74, 6) is 1.67. The van der Waals surface area contributed by atoms with E-state index in [2.05, 4.69) is 0 Å². The van der Waals surface area contributed by atoms with Crippen LogP contribution in [0.15, 0.2) is 36.4 Å². The maximum absolute atomic E-state index is 5.89. The van der Waals surface area contributed by atoms with E-state index in [0.717, 1.165) is 0 Å². The molecule has 5 heteroatoms. The van der Waals surface area contributed by atoms with Crippen LogP contribution in [0.25, 0.3) is 0 Å². The summed E-state index contributed by atoms with van der Waals surface area (Å²) >= 11 is 11.8. The van der Waals surface area contributed by atoms with E-state index in [1.807, 2.05) is 0 Å². The maximum atomic E-state index is 5.89. The Morgan fingerprint density at radius 3 is 2.22 bits per heavy atom. The minimum atomic E-state index is 0.493. The maximum Gasteiger partial charge on any atom is 0.153 e. The van der Waals surface area contributed by atoms with Gasteiger partial charge in [-0.3, -0.25) is 0 Å². The highest BCUT2D eigenvalue weighted by Crippen LogP contribution is 2.33. The van der Waals surface area contributed by atoms with Gasteiger partial charge in [0.2, 0.25) is 0 Å². The van der Waals surface area contributed by atoms with Gasteiger partial charge in [-0.25, -0.2) is 0 Å². The number of rotatable bonds is 3. The van der Waals surface area contributed by atoms with Crippen LogP contribution in [0.3, 0.4) is 0 Å². The fourth-order valence-corrected chi connectivity index (χ4v) is 1.95. The average Bonchev–Trinajstić information content (AvgIpc) is 2.30. The first-order valence-electron chi connectivity index (χ1n) is 5.16. The number of hydrogen-bond acceptors (Lipinski definition) is 3. The molecular weight excluding hydrogens is 273 g/mol. The van der Waals surface area contributed by atoms with Crippen molar-refractivity contribution in [3.63, 3.8) is 0 Å². The number of anilines is 1. The molecule has 0 radical (unpaired) electrons. The molecule has 0 heterocycles. The Morgan fingerprint density at radius 1 is 0.944 bits per heavy atom. The third kappa shape index (κ3) is 3.00. The highest BCUT2D eigenvalue weighted by Gasteiger charge is 2.06. The molecule has 0 fully saturated rings. The molecule has 0 saturated carbocycles. The van der Waals surface area contributed by atoms with Gasteiger partial charge in [-0.15, -0.1) is 0 Å². The molecule has 0 saturated heterocycles. The standard InChI is InChI=1S/C13H11Cl2NO2/c1-17-10-2-3-12(16)13(7-10)18-11-5-8(14)4-9(15)6-11/h2-7H,16H2,1H3. The Labute approximate surface area is 115 Å². The lowest BCUT2D eigenvalue weighted by Crippen LogP contribution is -1.93. The van der Waals surface area contributed by atoms with Gasteiger partial charge in [0.05, 0.1) is 12.8 Å². The van der Waals surface area contributed by atoms with Crippen LogP contribution in [0.1, 0.15) is 0 Å². The third-order valence-corrected chi connectivity index (χ3v) is 2.72. The molecule has 18 heavy (non-hydrogen) atoms. The normalized spacial score (nSPS) is 10.2. The van der Waals surface area contributed by atoms with Crippen LogP contribution in [-0.4, -0.2) is 7.11 Å². The summed E-state index contributed by atoms with van der Waals surface area (Å²) in [6, 6.07) is 10.1. The van der Waals surface area contributed by atoms with E-state index in [4.69, 9.17) is 38.4 Å². The van der Waals surface area contributed by atoms with Crippen LogP contribution >= 0.6 is 23.2 Å². The lowest BCUT2D eigenvalue weighted by molar-refractivity contribution is 0.409. The van der Waals surface area contributed by atoms with E-state index in [9.17, 15) is 0 Å². The topological polar surface area (TPSA) is 44.5 Å². The molecule has 0 unspecified atom stereocenters. The van der Waals surface area contributed by atoms with Crippen molar-refractivity contribution in [3.05, 3.63) is 46.4 Å². The van der Waals surface area contributed by atoms with Crippen molar-refractivity contribution >= 4 is 28.9 Å². The van der Waals surface area contributed by atoms with Crippen LogP contribution in [0.5, 0.6) is 17.2 Å². The lowest BCUT2D eigenvalue weighted by Gasteiger charge is -2.10. The first-order chi connectivity index (χ1) is 8.58. The van der Waals surface area contributed by atoms with Gasteiger partial charge in [-0.2, -0.15) is 0 Å². The van der Waals surface area contributed by atoms with Crippen LogP contribution in [0.2, 0.25) is 10.0 Å². The summed E-state index contributed by atoms with van der Waals surface area (Å²) in [7, 11) is 1.57. The highest BCUT2D eigenvalue weighted by atomic mass is 35.5. The van der Waals surface area contributed by atoms with Crippen LogP contribution in [0, 0.1) is 0 Å². The van der Waals surface area contributed by atoms with Gasteiger partial charge in [0.25, 0.3) is 0 Å². The van der Waals surface area contributed by atoms with E-state index in [1.54, 1.807) is 43.5 Å². The molecule has 2 aromatic rings. The Morgan fingerprint density at radius 2 is 1.61 bits per heavy atom. The second-order valence-electron chi connectivity index (χ2n) is 3.61. The van der Waals surface area contributed by atoms with E-state index < -0.39 is 0 Å². The van der Waals surface area contributed by atoms with Crippen LogP contribution < -0.4 is 15.2 Å². The zero-order valence-electron chi connectivity index (χ0n) is 9.61. The van der Waals surface area contributed by atoms with Crippen molar-refractivity contribution in [2.24, 2.45) is 0 Å². The quantitative estimate of drug-likeness (QED) is 0.851. The molecule has 0 aliphatic carbocycles. The number of nitrogen functional groups attached to an aromatic ring is 1. The summed E-state index contributed by atoms with van der Waals surface area (Å²) in [6.45, 7) is 0. The highest BCUT2D eigenvalue weighted by molar-refractivity contribution is 6.34. The summed E-state index contributed by atoms with van der Waals surface area (Å²) < 4.78 is 10.7. The van der Waals surface area contributed by atoms with Crippen LogP contribution in [0.4, 0.5) is 5.69 Å². The Kier molecular flexibility index (Phi) is 3.84. The van der Waals surface area contributed by atoms with Crippen molar-refractivity contribution in [2.45, 2.75) is 0 Å². The lowest BCUT2D eigenvalue weighted by atomic mass is 10.2. The molecule has 0 aliphatic rings. The molecule has 0 atom stereocenters. The number of methoxy groups -OCH3 is 1. The van der Waals surface area contributed by atoms with Crippen molar-refractivity contribution in [2.75, 3.05) is 12.8 Å². The molecule has 94 valence electrons. The van der Waals surface area contributed by atoms with Crippen molar-refractivity contribution in [3.8, 4) is 17.2 Å². The minimum absolute atomic E-state index is 0.493. The fraction of sp³-hybridized carbons (Fsp3) is 0.0769. The summed E-state index contributed by atoms with van der Waals surface area (Å²) in [6.07, 6.45) is 0. The molecule has 2 aromatic carbocycles. The Balaban J connectivity index is 2.33. The van der Waals surface area contributed by atoms with Gasteiger partial charge < -0.3 is 15.2 Å². The van der Waals surface area contributed by atoms with Gasteiger partial charge in [-0.1, -0.05) is 23.2 Å². The zero-order chi connectivity index (χ0) is 13.1. The first-order valence-corrected chi connectivity index (χ1v) is 5.91. The van der Waals surface area contributed by atoms with Gasteiger partial charge in [0.15, 0.2) is 5.75 Å². The third-order valence-electron chi connectivity index (χ3n) is 2.28. The molecule has 0 aromatic heterocycles. The van der Waals surface area contributed by atoms with Crippen LogP contribution in [-0.2, 0) is 0 Å². The smallest absolute Gasteiger partial charge is 0.153 e. The predicted molar refractivity (Wildman–Crippen MR) is 73.9 cm³/mol. The van der Waals surface area contributed by atoms with E-state index in [0.29, 0.717) is 33.0 Å². The van der Waals surface area contributed by atoms with Gasteiger partial charge in [0, 0.05) is 16.1 Å². The summed E-state index contributed by atoms with van der Waals surface area (Å²) in [5, 5.41) is 0.998. The molecule has 0 spiro atoms. The second kappa shape index (κ2) is 5.38. The molecule has 0 bridgehead atoms. The molecule has 2 N–H and O–H groups in total. The van der Waals surface area contributed by atoms with E-state index in [-0.39, 0.29) is 0 Å². The van der Waals surface area contributed by atoms with Gasteiger partial charge in [0.1, 0.15) is 11.5 Å². The van der Waals surface area contributed by atoms with Gasteiger partial charge in [-0.05, 0) is 30.3 Å². The van der Waals surface area contributed by atoms with E-state index >= 15 is 0 Å². The van der Waals surface area contributed by atoms with Crippen molar-refractivity contribution in [1.29, 1.82) is 0 Å². The molecule has 0 amide bonds. The number of nitrogens with two attached hydrogens (primary N) is 1. The first kappa shape index (κ1) is 12.9. The van der Waals surface area contributed by atoms with Crippen molar-refractivity contribution in [1.82, 2.24) is 0 Å². The largest absolute Gasteiger partial charge is 0.497 e. The molecule has 3 nitrogen and oxygen atoms in total. The number of benzene rings is 2. The minimum Gasteiger partial charge on any atom is -0.497 e. The number of ether oxygens (including phenoxy) is 2. The SMILES string of the molecule is COc1ccc(N)c(Oc2cc(Cl)cc(Cl)c2)c1. The Hall–Kier alpha value is -1.58. The molecule has 0 aliphatic heterocycles.